The van der Waals surface area contributed by atoms with Gasteiger partial charge in [0.25, 0.3) is 5.91 Å². The van der Waals surface area contributed by atoms with Gasteiger partial charge in [-0.15, -0.1) is 0 Å². The summed E-state index contributed by atoms with van der Waals surface area (Å²) in [5, 5.41) is 3.88. The zero-order valence-corrected chi connectivity index (χ0v) is 13.7. The maximum Gasteiger partial charge on any atom is 0.258 e. The first kappa shape index (κ1) is 15.9. The molecule has 1 aliphatic rings. The molecule has 0 spiro atoms. The maximum absolute atomic E-state index is 12.4. The lowest BCUT2D eigenvalue weighted by molar-refractivity contribution is -0.125. The molecule has 0 saturated heterocycles. The van der Waals surface area contributed by atoms with Crippen molar-refractivity contribution in [3.8, 4) is 5.75 Å². The second-order valence-corrected chi connectivity index (χ2v) is 6.39. The molecule has 1 saturated carbocycles. The minimum Gasteiger partial charge on any atom is -0.484 e. The Morgan fingerprint density at radius 2 is 1.83 bits per heavy atom. The molecule has 0 heterocycles. The molecule has 1 amide bonds. The second kappa shape index (κ2) is 7.05. The Bertz CT molecular complexity index is 666. The highest BCUT2D eigenvalue weighted by Gasteiger charge is 2.37. The summed E-state index contributed by atoms with van der Waals surface area (Å²) < 4.78 is 5.54. The summed E-state index contributed by atoms with van der Waals surface area (Å²) in [6, 6.07) is 17.2. The molecule has 3 nitrogen and oxygen atoms in total. The number of halogens is 1. The predicted molar refractivity (Wildman–Crippen MR) is 91.7 cm³/mol. The number of rotatable bonds is 5. The first-order valence-electron chi connectivity index (χ1n) is 7.93. The highest BCUT2D eigenvalue weighted by atomic mass is 35.5. The van der Waals surface area contributed by atoms with E-state index in [4.69, 9.17) is 16.3 Å². The fourth-order valence-electron chi connectivity index (χ4n) is 3.22. The van der Waals surface area contributed by atoms with Crippen LogP contribution in [0.5, 0.6) is 5.75 Å². The lowest BCUT2D eigenvalue weighted by Crippen LogP contribution is -2.45. The van der Waals surface area contributed by atoms with Crippen molar-refractivity contribution in [3.05, 3.63) is 65.2 Å². The van der Waals surface area contributed by atoms with Crippen LogP contribution in [0.4, 0.5) is 0 Å². The maximum atomic E-state index is 12.4. The SMILES string of the molecule is O=C(COc1ccccc1)NC1(c2cccc(Cl)c2)CCCC1. The van der Waals surface area contributed by atoms with Crippen LogP contribution in [-0.4, -0.2) is 12.5 Å². The first-order chi connectivity index (χ1) is 11.2. The molecule has 0 atom stereocenters. The third-order valence-corrected chi connectivity index (χ3v) is 4.56. The van der Waals surface area contributed by atoms with Crippen LogP contribution < -0.4 is 10.1 Å². The predicted octanol–water partition coefficient (Wildman–Crippen LogP) is 4.30. The molecule has 23 heavy (non-hydrogen) atoms. The van der Waals surface area contributed by atoms with Gasteiger partial charge in [0.05, 0.1) is 5.54 Å². The Labute approximate surface area is 141 Å². The van der Waals surface area contributed by atoms with Gasteiger partial charge in [-0.3, -0.25) is 4.79 Å². The Morgan fingerprint density at radius 3 is 2.52 bits per heavy atom. The molecular weight excluding hydrogens is 310 g/mol. The minimum atomic E-state index is -0.317. The highest BCUT2D eigenvalue weighted by molar-refractivity contribution is 6.30. The van der Waals surface area contributed by atoms with Gasteiger partial charge >= 0.3 is 0 Å². The van der Waals surface area contributed by atoms with Crippen LogP contribution in [0, 0.1) is 0 Å². The van der Waals surface area contributed by atoms with E-state index in [0.29, 0.717) is 10.8 Å². The number of carbonyl (C=O) groups excluding carboxylic acids is 1. The number of ether oxygens (including phenoxy) is 1. The summed E-state index contributed by atoms with van der Waals surface area (Å²) >= 11 is 6.13. The fourth-order valence-corrected chi connectivity index (χ4v) is 3.41. The first-order valence-corrected chi connectivity index (χ1v) is 8.31. The summed E-state index contributed by atoms with van der Waals surface area (Å²) in [6.45, 7) is 0.0202. The van der Waals surface area contributed by atoms with Gasteiger partial charge in [-0.05, 0) is 42.7 Å². The van der Waals surface area contributed by atoms with Gasteiger partial charge in [0, 0.05) is 5.02 Å². The van der Waals surface area contributed by atoms with E-state index in [9.17, 15) is 4.79 Å². The molecule has 0 unspecified atom stereocenters. The lowest BCUT2D eigenvalue weighted by Gasteiger charge is -2.31. The van der Waals surface area contributed by atoms with E-state index in [0.717, 1.165) is 31.2 Å². The molecule has 1 N–H and O–H groups in total. The van der Waals surface area contributed by atoms with Gasteiger partial charge in [0.1, 0.15) is 5.75 Å². The fraction of sp³-hybridized carbons (Fsp3) is 0.316. The molecule has 1 aliphatic carbocycles. The molecule has 2 aromatic rings. The van der Waals surface area contributed by atoms with Gasteiger partial charge in [0.15, 0.2) is 6.61 Å². The molecular formula is C19H20ClNO2. The van der Waals surface area contributed by atoms with Crippen LogP contribution in [0.1, 0.15) is 31.2 Å². The lowest BCUT2D eigenvalue weighted by atomic mass is 9.88. The number of hydrogen-bond donors (Lipinski definition) is 1. The van der Waals surface area contributed by atoms with Gasteiger partial charge in [-0.25, -0.2) is 0 Å². The number of benzene rings is 2. The molecule has 0 aromatic heterocycles. The summed E-state index contributed by atoms with van der Waals surface area (Å²) in [5.41, 5.74) is 0.762. The normalized spacial score (nSPS) is 16.0. The van der Waals surface area contributed by atoms with Crippen LogP contribution in [0.15, 0.2) is 54.6 Å². The Kier molecular flexibility index (Phi) is 4.87. The number of amides is 1. The van der Waals surface area contributed by atoms with E-state index in [1.165, 1.54) is 0 Å². The van der Waals surface area contributed by atoms with Crippen LogP contribution in [0.25, 0.3) is 0 Å². The van der Waals surface area contributed by atoms with Crippen LogP contribution in [0.3, 0.4) is 0 Å². The number of hydrogen-bond acceptors (Lipinski definition) is 2. The zero-order chi connectivity index (χ0) is 16.1. The van der Waals surface area contributed by atoms with Crippen molar-refractivity contribution in [2.45, 2.75) is 31.2 Å². The quantitative estimate of drug-likeness (QED) is 0.888. The largest absolute Gasteiger partial charge is 0.484 e. The third-order valence-electron chi connectivity index (χ3n) is 4.33. The van der Waals surface area contributed by atoms with E-state index < -0.39 is 0 Å². The van der Waals surface area contributed by atoms with Crippen molar-refractivity contribution in [1.82, 2.24) is 5.32 Å². The highest BCUT2D eigenvalue weighted by Crippen LogP contribution is 2.39. The molecule has 120 valence electrons. The smallest absolute Gasteiger partial charge is 0.258 e. The van der Waals surface area contributed by atoms with Crippen molar-refractivity contribution in [3.63, 3.8) is 0 Å². The molecule has 0 aliphatic heterocycles. The van der Waals surface area contributed by atoms with Crippen LogP contribution >= 0.6 is 11.6 Å². The Hall–Kier alpha value is -2.00. The van der Waals surface area contributed by atoms with E-state index in [1.807, 2.05) is 54.6 Å². The van der Waals surface area contributed by atoms with Crippen molar-refractivity contribution < 1.29 is 9.53 Å². The topological polar surface area (TPSA) is 38.3 Å². The molecule has 1 fully saturated rings. The van der Waals surface area contributed by atoms with E-state index >= 15 is 0 Å². The van der Waals surface area contributed by atoms with Gasteiger partial charge in [0.2, 0.25) is 0 Å². The van der Waals surface area contributed by atoms with Gasteiger partial charge in [-0.2, -0.15) is 0 Å². The standard InChI is InChI=1S/C19H20ClNO2/c20-16-8-6-7-15(13-16)19(11-4-5-12-19)21-18(22)14-23-17-9-2-1-3-10-17/h1-3,6-10,13H,4-5,11-12,14H2,(H,21,22). The summed E-state index contributed by atoms with van der Waals surface area (Å²) in [5.74, 6) is 0.599. The van der Waals surface area contributed by atoms with Crippen molar-refractivity contribution in [2.24, 2.45) is 0 Å². The molecule has 0 radical (unpaired) electrons. The number of para-hydroxylation sites is 1. The zero-order valence-electron chi connectivity index (χ0n) is 12.9. The Morgan fingerprint density at radius 1 is 1.09 bits per heavy atom. The molecule has 4 heteroatoms. The Balaban J connectivity index is 1.69. The molecule has 0 bridgehead atoms. The van der Waals surface area contributed by atoms with Crippen molar-refractivity contribution in [2.75, 3.05) is 6.61 Å². The number of nitrogens with one attached hydrogen (secondary N) is 1. The third kappa shape index (κ3) is 3.85. The minimum absolute atomic E-state index is 0.0202. The van der Waals surface area contributed by atoms with Crippen molar-refractivity contribution in [1.29, 1.82) is 0 Å². The number of carbonyl (C=O) groups is 1. The summed E-state index contributed by atoms with van der Waals surface area (Å²) in [6.07, 6.45) is 4.08. The van der Waals surface area contributed by atoms with E-state index in [-0.39, 0.29) is 18.1 Å². The average molecular weight is 330 g/mol. The van der Waals surface area contributed by atoms with E-state index in [2.05, 4.69) is 5.32 Å². The van der Waals surface area contributed by atoms with Crippen LogP contribution in [-0.2, 0) is 10.3 Å². The van der Waals surface area contributed by atoms with Crippen LogP contribution in [0.2, 0.25) is 5.02 Å². The van der Waals surface area contributed by atoms with Gasteiger partial charge in [-0.1, -0.05) is 54.8 Å². The average Bonchev–Trinajstić information content (AvgIpc) is 3.04. The van der Waals surface area contributed by atoms with E-state index in [1.54, 1.807) is 0 Å². The molecule has 3 rings (SSSR count). The second-order valence-electron chi connectivity index (χ2n) is 5.95. The van der Waals surface area contributed by atoms with Crippen molar-refractivity contribution >= 4 is 17.5 Å². The van der Waals surface area contributed by atoms with Gasteiger partial charge < -0.3 is 10.1 Å². The summed E-state index contributed by atoms with van der Waals surface area (Å²) in [7, 11) is 0. The molecule has 2 aromatic carbocycles. The monoisotopic (exact) mass is 329 g/mol. The summed E-state index contributed by atoms with van der Waals surface area (Å²) in [4.78, 5) is 12.4.